The number of halogens is 2. The molecule has 2 amide bonds. The number of nitrogens with one attached hydrogen (secondary N) is 1. The van der Waals surface area contributed by atoms with Crippen LogP contribution in [0.15, 0.2) is 77.2 Å². The van der Waals surface area contributed by atoms with E-state index < -0.39 is 0 Å². The van der Waals surface area contributed by atoms with E-state index >= 15 is 0 Å². The van der Waals surface area contributed by atoms with Gasteiger partial charge in [0.05, 0.1) is 10.6 Å². The zero-order valence-electron chi connectivity index (χ0n) is 18.1. The van der Waals surface area contributed by atoms with Gasteiger partial charge in [0.2, 0.25) is 0 Å². The molecule has 8 heteroatoms. The van der Waals surface area contributed by atoms with Crippen LogP contribution in [0.1, 0.15) is 20.9 Å². The molecular weight excluding hydrogens is 565 g/mol. The van der Waals surface area contributed by atoms with Gasteiger partial charge in [-0.2, -0.15) is 0 Å². The molecule has 1 fully saturated rings. The van der Waals surface area contributed by atoms with Crippen molar-refractivity contribution < 1.29 is 14.0 Å². The maximum absolute atomic E-state index is 12.9. The molecule has 0 saturated carbocycles. The normalized spacial score (nSPS) is 13.8. The van der Waals surface area contributed by atoms with Gasteiger partial charge in [0.25, 0.3) is 11.8 Å². The van der Waals surface area contributed by atoms with Gasteiger partial charge >= 0.3 is 0 Å². The van der Waals surface area contributed by atoms with Gasteiger partial charge in [0, 0.05) is 46.5 Å². The van der Waals surface area contributed by atoms with Crippen LogP contribution in [-0.2, 0) is 0 Å². The molecule has 6 nitrogen and oxygen atoms in total. The number of furan rings is 1. The van der Waals surface area contributed by atoms with Crippen LogP contribution < -0.4 is 10.2 Å². The summed E-state index contributed by atoms with van der Waals surface area (Å²) in [5.74, 6) is 0.0556. The van der Waals surface area contributed by atoms with E-state index in [9.17, 15) is 9.59 Å². The fourth-order valence-electron chi connectivity index (χ4n) is 4.04. The molecule has 0 unspecified atom stereocenters. The Kier molecular flexibility index (Phi) is 6.47. The zero-order chi connectivity index (χ0) is 23.7. The number of anilines is 2. The van der Waals surface area contributed by atoms with Crippen molar-refractivity contribution in [2.75, 3.05) is 36.4 Å². The second-order valence-electron chi connectivity index (χ2n) is 8.05. The molecule has 2 heterocycles. The molecule has 0 atom stereocenters. The maximum Gasteiger partial charge on any atom is 0.289 e. The third-order valence-corrected chi connectivity index (χ3v) is 6.87. The number of benzene rings is 3. The SMILES string of the molecule is O=C(Nc1ccc(N2CCN(C(=O)c3cc4ccccc4o3)CC2)cc1)c1cc(I)ccc1Cl. The first-order valence-corrected chi connectivity index (χ1v) is 12.3. The summed E-state index contributed by atoms with van der Waals surface area (Å²) < 4.78 is 6.68. The third-order valence-electron chi connectivity index (χ3n) is 5.87. The molecular formula is C26H21ClIN3O3. The van der Waals surface area contributed by atoms with Gasteiger partial charge in [0.15, 0.2) is 5.76 Å². The molecule has 4 aromatic rings. The molecule has 3 aromatic carbocycles. The largest absolute Gasteiger partial charge is 0.451 e. The van der Waals surface area contributed by atoms with Crippen molar-refractivity contribution in [2.45, 2.75) is 0 Å². The number of hydrogen-bond donors (Lipinski definition) is 1. The molecule has 0 spiro atoms. The number of fused-ring (bicyclic) bond motifs is 1. The smallest absolute Gasteiger partial charge is 0.289 e. The van der Waals surface area contributed by atoms with Gasteiger partial charge in [-0.3, -0.25) is 9.59 Å². The van der Waals surface area contributed by atoms with E-state index in [2.05, 4.69) is 32.8 Å². The lowest BCUT2D eigenvalue weighted by atomic mass is 10.2. The lowest BCUT2D eigenvalue weighted by molar-refractivity contribution is 0.0717. The Balaban J connectivity index is 1.19. The Morgan fingerprint density at radius 1 is 0.912 bits per heavy atom. The van der Waals surface area contributed by atoms with Crippen LogP contribution in [0.4, 0.5) is 11.4 Å². The second kappa shape index (κ2) is 9.68. The average molecular weight is 586 g/mol. The van der Waals surface area contributed by atoms with E-state index in [1.54, 1.807) is 18.2 Å². The maximum atomic E-state index is 12.9. The molecule has 1 saturated heterocycles. The first-order chi connectivity index (χ1) is 16.5. The number of amides is 2. The Bertz CT molecular complexity index is 1330. The molecule has 1 aliphatic rings. The van der Waals surface area contributed by atoms with Gasteiger partial charge in [-0.25, -0.2) is 0 Å². The Hall–Kier alpha value is -3.04. The van der Waals surface area contributed by atoms with Crippen molar-refractivity contribution in [1.29, 1.82) is 0 Å². The molecule has 1 N–H and O–H groups in total. The van der Waals surface area contributed by atoms with Gasteiger partial charge in [0.1, 0.15) is 5.58 Å². The van der Waals surface area contributed by atoms with Gasteiger partial charge in [-0.1, -0.05) is 29.8 Å². The summed E-state index contributed by atoms with van der Waals surface area (Å²) in [6.45, 7) is 2.66. The van der Waals surface area contributed by atoms with Crippen molar-refractivity contribution >= 4 is 68.4 Å². The molecule has 1 aromatic heterocycles. The van der Waals surface area contributed by atoms with Crippen LogP contribution in [0.5, 0.6) is 0 Å². The van der Waals surface area contributed by atoms with E-state index in [0.29, 0.717) is 35.1 Å². The predicted octanol–water partition coefficient (Wildman–Crippen LogP) is 5.91. The summed E-state index contributed by atoms with van der Waals surface area (Å²) in [7, 11) is 0. The number of para-hydroxylation sites is 1. The Morgan fingerprint density at radius 2 is 1.65 bits per heavy atom. The van der Waals surface area contributed by atoms with Crippen LogP contribution in [0, 0.1) is 3.57 Å². The third kappa shape index (κ3) is 4.76. The van der Waals surface area contributed by atoms with Gasteiger partial charge in [-0.15, -0.1) is 0 Å². The quantitative estimate of drug-likeness (QED) is 0.303. The van der Waals surface area contributed by atoms with Crippen molar-refractivity contribution in [3.63, 3.8) is 0 Å². The number of carbonyl (C=O) groups excluding carboxylic acids is 2. The minimum Gasteiger partial charge on any atom is -0.451 e. The lowest BCUT2D eigenvalue weighted by Gasteiger charge is -2.35. The molecule has 0 radical (unpaired) electrons. The highest BCUT2D eigenvalue weighted by Crippen LogP contribution is 2.24. The summed E-state index contributed by atoms with van der Waals surface area (Å²) in [4.78, 5) is 29.5. The first kappa shape index (κ1) is 22.7. The van der Waals surface area contributed by atoms with E-state index in [-0.39, 0.29) is 11.8 Å². The summed E-state index contributed by atoms with van der Waals surface area (Å²) in [5.41, 5.74) is 2.91. The van der Waals surface area contributed by atoms with E-state index in [1.165, 1.54) is 0 Å². The molecule has 34 heavy (non-hydrogen) atoms. The van der Waals surface area contributed by atoms with E-state index in [0.717, 1.165) is 33.3 Å². The highest BCUT2D eigenvalue weighted by molar-refractivity contribution is 14.1. The van der Waals surface area contributed by atoms with Gasteiger partial charge < -0.3 is 19.5 Å². The average Bonchev–Trinajstić information content (AvgIpc) is 3.30. The number of carbonyl (C=O) groups is 2. The van der Waals surface area contributed by atoms with Crippen LogP contribution in [0.2, 0.25) is 5.02 Å². The molecule has 0 aliphatic carbocycles. The van der Waals surface area contributed by atoms with Crippen molar-refractivity contribution in [1.82, 2.24) is 4.90 Å². The number of rotatable bonds is 4. The van der Waals surface area contributed by atoms with Gasteiger partial charge in [-0.05, 0) is 77.2 Å². The zero-order valence-corrected chi connectivity index (χ0v) is 21.0. The Morgan fingerprint density at radius 3 is 2.38 bits per heavy atom. The summed E-state index contributed by atoms with van der Waals surface area (Å²) in [6, 6.07) is 22.5. The fourth-order valence-corrected chi connectivity index (χ4v) is 4.73. The summed E-state index contributed by atoms with van der Waals surface area (Å²) >= 11 is 8.33. The molecule has 172 valence electrons. The monoisotopic (exact) mass is 585 g/mol. The summed E-state index contributed by atoms with van der Waals surface area (Å²) in [5, 5.41) is 4.25. The number of piperazine rings is 1. The predicted molar refractivity (Wildman–Crippen MR) is 143 cm³/mol. The van der Waals surface area contributed by atoms with Crippen LogP contribution >= 0.6 is 34.2 Å². The van der Waals surface area contributed by atoms with Crippen molar-refractivity contribution in [3.8, 4) is 0 Å². The van der Waals surface area contributed by atoms with Crippen LogP contribution in [0.3, 0.4) is 0 Å². The van der Waals surface area contributed by atoms with Crippen molar-refractivity contribution in [3.05, 3.63) is 92.7 Å². The lowest BCUT2D eigenvalue weighted by Crippen LogP contribution is -2.48. The molecule has 0 bridgehead atoms. The van der Waals surface area contributed by atoms with Crippen molar-refractivity contribution in [2.24, 2.45) is 0 Å². The Labute approximate surface area is 215 Å². The topological polar surface area (TPSA) is 65.8 Å². The molecule has 1 aliphatic heterocycles. The number of nitrogens with zero attached hydrogens (tertiary/aromatic N) is 2. The highest BCUT2D eigenvalue weighted by atomic mass is 127. The first-order valence-electron chi connectivity index (χ1n) is 10.9. The minimum absolute atomic E-state index is 0.0804. The molecule has 5 rings (SSSR count). The standard InChI is InChI=1S/C26H21ClIN3O3/c27-22-10-5-18(28)16-21(22)25(32)29-19-6-8-20(9-7-19)30-11-13-31(14-12-30)26(33)24-15-17-3-1-2-4-23(17)34-24/h1-10,15-16H,11-14H2,(H,29,32). The fraction of sp³-hybridized carbons (Fsp3) is 0.154. The highest BCUT2D eigenvalue weighted by Gasteiger charge is 2.24. The van der Waals surface area contributed by atoms with E-state index in [1.807, 2.05) is 59.5 Å². The van der Waals surface area contributed by atoms with E-state index in [4.69, 9.17) is 16.0 Å². The number of hydrogen-bond acceptors (Lipinski definition) is 4. The minimum atomic E-state index is -0.242. The van der Waals surface area contributed by atoms with Crippen LogP contribution in [-0.4, -0.2) is 42.9 Å². The second-order valence-corrected chi connectivity index (χ2v) is 9.71. The summed E-state index contributed by atoms with van der Waals surface area (Å²) in [6.07, 6.45) is 0. The van der Waals surface area contributed by atoms with Crippen LogP contribution in [0.25, 0.3) is 11.0 Å².